The van der Waals surface area contributed by atoms with Crippen molar-refractivity contribution in [3.63, 3.8) is 0 Å². The van der Waals surface area contributed by atoms with Gasteiger partial charge < -0.3 is 9.88 Å². The monoisotopic (exact) mass is 291 g/mol. The molecule has 0 bridgehead atoms. The number of hydrogen-bond donors (Lipinski definition) is 1. The summed E-state index contributed by atoms with van der Waals surface area (Å²) < 4.78 is 2.00. The van der Waals surface area contributed by atoms with Gasteiger partial charge in [-0.15, -0.1) is 0 Å². The van der Waals surface area contributed by atoms with Crippen LogP contribution in [0, 0.1) is 0 Å². The second kappa shape index (κ2) is 5.30. The van der Waals surface area contributed by atoms with Gasteiger partial charge in [-0.05, 0) is 25.0 Å². The Kier molecular flexibility index (Phi) is 3.15. The Morgan fingerprint density at radius 1 is 1.09 bits per heavy atom. The molecule has 4 heteroatoms. The van der Waals surface area contributed by atoms with Crippen molar-refractivity contribution in [3.05, 3.63) is 54.6 Å². The van der Waals surface area contributed by atoms with Gasteiger partial charge in [-0.3, -0.25) is 4.79 Å². The van der Waals surface area contributed by atoms with Crippen LogP contribution in [0.4, 0.5) is 0 Å². The number of carbonyl (C=O) groups is 1. The first-order chi connectivity index (χ1) is 10.8. The summed E-state index contributed by atoms with van der Waals surface area (Å²) in [5.41, 5.74) is 2.94. The average molecular weight is 291 g/mol. The number of nitrogens with zero attached hydrogens (tertiary/aromatic N) is 2. The summed E-state index contributed by atoms with van der Waals surface area (Å²) in [6.45, 7) is 0.307. The Morgan fingerprint density at radius 3 is 2.59 bits per heavy atom. The van der Waals surface area contributed by atoms with Crippen molar-refractivity contribution >= 4 is 16.9 Å². The highest BCUT2D eigenvalue weighted by molar-refractivity contribution is 5.84. The summed E-state index contributed by atoms with van der Waals surface area (Å²) in [5, 5.41) is 3.05. The molecule has 0 unspecified atom stereocenters. The third-order valence-corrected chi connectivity index (χ3v) is 3.93. The number of fused-ring (bicyclic) bond motifs is 1. The topological polar surface area (TPSA) is 46.9 Å². The number of nitrogens with one attached hydrogen (secondary N) is 1. The Labute approximate surface area is 128 Å². The third-order valence-electron chi connectivity index (χ3n) is 3.93. The van der Waals surface area contributed by atoms with Crippen LogP contribution >= 0.6 is 0 Å². The van der Waals surface area contributed by atoms with E-state index in [0.717, 1.165) is 35.3 Å². The second-order valence-electron chi connectivity index (χ2n) is 5.72. The number of rotatable bonds is 4. The van der Waals surface area contributed by atoms with Gasteiger partial charge >= 0.3 is 0 Å². The lowest BCUT2D eigenvalue weighted by atomic mass is 10.2. The quantitative estimate of drug-likeness (QED) is 0.803. The van der Waals surface area contributed by atoms with Crippen molar-refractivity contribution in [2.45, 2.75) is 25.4 Å². The molecule has 1 saturated carbocycles. The molecule has 0 saturated heterocycles. The molecule has 1 amide bonds. The maximum absolute atomic E-state index is 12.2. The van der Waals surface area contributed by atoms with Crippen LogP contribution in [0.15, 0.2) is 54.6 Å². The van der Waals surface area contributed by atoms with E-state index in [2.05, 4.69) is 5.32 Å². The number of para-hydroxylation sites is 2. The van der Waals surface area contributed by atoms with E-state index < -0.39 is 0 Å². The van der Waals surface area contributed by atoms with E-state index in [1.54, 1.807) is 0 Å². The van der Waals surface area contributed by atoms with Crippen LogP contribution in [-0.2, 0) is 11.3 Å². The van der Waals surface area contributed by atoms with Gasteiger partial charge in [-0.1, -0.05) is 42.5 Å². The van der Waals surface area contributed by atoms with Crippen molar-refractivity contribution in [2.24, 2.45) is 0 Å². The lowest BCUT2D eigenvalue weighted by molar-refractivity contribution is -0.121. The first-order valence-electron chi connectivity index (χ1n) is 7.61. The minimum Gasteiger partial charge on any atom is -0.352 e. The van der Waals surface area contributed by atoms with E-state index in [-0.39, 0.29) is 5.91 Å². The standard InChI is InChI=1S/C18H17N3O/c22-17(19-14-10-11-14)12-21-16-9-5-4-8-15(16)20-18(21)13-6-2-1-3-7-13/h1-9,14H,10-12H2,(H,19,22). The molecule has 0 radical (unpaired) electrons. The number of aromatic nitrogens is 2. The molecule has 4 nitrogen and oxygen atoms in total. The summed E-state index contributed by atoms with van der Waals surface area (Å²) >= 11 is 0. The van der Waals surface area contributed by atoms with Gasteiger partial charge in [0.25, 0.3) is 0 Å². The zero-order valence-corrected chi connectivity index (χ0v) is 12.2. The molecule has 1 aromatic heterocycles. The minimum atomic E-state index is 0.0582. The van der Waals surface area contributed by atoms with Gasteiger partial charge in [0, 0.05) is 11.6 Å². The number of benzene rings is 2. The van der Waals surface area contributed by atoms with Gasteiger partial charge in [0.15, 0.2) is 0 Å². The maximum atomic E-state index is 12.2. The van der Waals surface area contributed by atoms with E-state index in [1.807, 2.05) is 59.2 Å². The van der Waals surface area contributed by atoms with E-state index in [0.29, 0.717) is 12.6 Å². The predicted molar refractivity (Wildman–Crippen MR) is 86.3 cm³/mol. The largest absolute Gasteiger partial charge is 0.352 e. The molecule has 2 aromatic carbocycles. The summed E-state index contributed by atoms with van der Waals surface area (Å²) in [6, 6.07) is 18.3. The van der Waals surface area contributed by atoms with Crippen LogP contribution in [0.25, 0.3) is 22.4 Å². The van der Waals surface area contributed by atoms with E-state index >= 15 is 0 Å². The lowest BCUT2D eigenvalue weighted by Gasteiger charge is -2.09. The zero-order chi connectivity index (χ0) is 14.9. The number of hydrogen-bond acceptors (Lipinski definition) is 2. The molecule has 110 valence electrons. The van der Waals surface area contributed by atoms with Crippen molar-refractivity contribution in [1.82, 2.24) is 14.9 Å². The van der Waals surface area contributed by atoms with E-state index in [4.69, 9.17) is 4.98 Å². The smallest absolute Gasteiger partial charge is 0.240 e. The van der Waals surface area contributed by atoms with Crippen molar-refractivity contribution in [2.75, 3.05) is 0 Å². The fraction of sp³-hybridized carbons (Fsp3) is 0.222. The average Bonchev–Trinajstić information content (AvgIpc) is 3.29. The molecule has 1 N–H and O–H groups in total. The molecule has 1 aliphatic rings. The van der Waals surface area contributed by atoms with Gasteiger partial charge in [0.05, 0.1) is 11.0 Å². The zero-order valence-electron chi connectivity index (χ0n) is 12.2. The van der Waals surface area contributed by atoms with Gasteiger partial charge in [-0.2, -0.15) is 0 Å². The van der Waals surface area contributed by atoms with Crippen LogP contribution in [0.3, 0.4) is 0 Å². The van der Waals surface area contributed by atoms with Crippen LogP contribution < -0.4 is 5.32 Å². The molecule has 0 atom stereocenters. The normalized spacial score (nSPS) is 14.2. The third kappa shape index (κ3) is 2.48. The predicted octanol–water partition coefficient (Wildman–Crippen LogP) is 2.98. The first kappa shape index (κ1) is 13.1. The maximum Gasteiger partial charge on any atom is 0.240 e. The second-order valence-corrected chi connectivity index (χ2v) is 5.72. The SMILES string of the molecule is O=C(Cn1c(-c2ccccc2)nc2ccccc21)NC1CC1. The first-order valence-corrected chi connectivity index (χ1v) is 7.61. The highest BCUT2D eigenvalue weighted by Gasteiger charge is 2.24. The summed E-state index contributed by atoms with van der Waals surface area (Å²) in [6.07, 6.45) is 2.20. The molecule has 0 aliphatic heterocycles. The number of carbonyl (C=O) groups excluding carboxylic acids is 1. The Balaban J connectivity index is 1.77. The Hall–Kier alpha value is -2.62. The van der Waals surface area contributed by atoms with Crippen LogP contribution in [0.2, 0.25) is 0 Å². The van der Waals surface area contributed by atoms with Gasteiger partial charge in [-0.25, -0.2) is 4.98 Å². The fourth-order valence-corrected chi connectivity index (χ4v) is 2.69. The summed E-state index contributed by atoms with van der Waals surface area (Å²) in [7, 11) is 0. The van der Waals surface area contributed by atoms with E-state index in [9.17, 15) is 4.79 Å². The molecule has 1 fully saturated rings. The minimum absolute atomic E-state index is 0.0582. The molecule has 1 aliphatic carbocycles. The number of imidazole rings is 1. The molecule has 22 heavy (non-hydrogen) atoms. The molecular formula is C18H17N3O. The Morgan fingerprint density at radius 2 is 1.82 bits per heavy atom. The lowest BCUT2D eigenvalue weighted by Crippen LogP contribution is -2.29. The molecule has 1 heterocycles. The van der Waals surface area contributed by atoms with E-state index in [1.165, 1.54) is 0 Å². The Bertz CT molecular complexity index is 819. The molecular weight excluding hydrogens is 274 g/mol. The van der Waals surface area contributed by atoms with Crippen LogP contribution in [-0.4, -0.2) is 21.5 Å². The molecule has 0 spiro atoms. The summed E-state index contributed by atoms with van der Waals surface area (Å²) in [4.78, 5) is 16.9. The van der Waals surface area contributed by atoms with Crippen LogP contribution in [0.1, 0.15) is 12.8 Å². The number of amides is 1. The van der Waals surface area contributed by atoms with Crippen LogP contribution in [0.5, 0.6) is 0 Å². The molecule has 4 rings (SSSR count). The van der Waals surface area contributed by atoms with Gasteiger partial charge in [0.2, 0.25) is 5.91 Å². The van der Waals surface area contributed by atoms with Gasteiger partial charge in [0.1, 0.15) is 12.4 Å². The van der Waals surface area contributed by atoms with Crippen molar-refractivity contribution < 1.29 is 4.79 Å². The van der Waals surface area contributed by atoms with Crippen molar-refractivity contribution in [3.8, 4) is 11.4 Å². The fourth-order valence-electron chi connectivity index (χ4n) is 2.69. The highest BCUT2D eigenvalue weighted by Crippen LogP contribution is 2.25. The molecule has 3 aromatic rings. The highest BCUT2D eigenvalue weighted by atomic mass is 16.2. The summed E-state index contributed by atoms with van der Waals surface area (Å²) in [5.74, 6) is 0.899. The van der Waals surface area contributed by atoms with Crippen molar-refractivity contribution in [1.29, 1.82) is 0 Å².